The summed E-state index contributed by atoms with van der Waals surface area (Å²) < 4.78 is 0. The maximum absolute atomic E-state index is 12.9. The number of nitrogens with one attached hydrogen (secondary N) is 2. The van der Waals surface area contributed by atoms with Crippen molar-refractivity contribution in [3.8, 4) is 0 Å². The minimum absolute atomic E-state index is 0.274. The van der Waals surface area contributed by atoms with Gasteiger partial charge in [-0.15, -0.1) is 0 Å². The summed E-state index contributed by atoms with van der Waals surface area (Å²) in [5.74, 6) is -0.274. The third-order valence-corrected chi connectivity index (χ3v) is 5.97. The lowest BCUT2D eigenvalue weighted by Crippen LogP contribution is -2.38. The van der Waals surface area contributed by atoms with Crippen LogP contribution in [0.3, 0.4) is 0 Å². The van der Waals surface area contributed by atoms with Gasteiger partial charge in [0.25, 0.3) is 5.91 Å². The lowest BCUT2D eigenvalue weighted by atomic mass is 10.0. The van der Waals surface area contributed by atoms with Crippen LogP contribution < -0.4 is 5.32 Å². The predicted octanol–water partition coefficient (Wildman–Crippen LogP) is 4.11. The Labute approximate surface area is 194 Å². The summed E-state index contributed by atoms with van der Waals surface area (Å²) >= 11 is 0. The topological polar surface area (TPSA) is 78.1 Å². The Balaban J connectivity index is 1.40. The van der Waals surface area contributed by atoms with E-state index < -0.39 is 6.04 Å². The fourth-order valence-electron chi connectivity index (χ4n) is 4.16. The van der Waals surface area contributed by atoms with Gasteiger partial charge in [0, 0.05) is 30.4 Å². The minimum atomic E-state index is -0.623. The van der Waals surface area contributed by atoms with E-state index in [1.807, 2.05) is 30.4 Å². The van der Waals surface area contributed by atoms with Gasteiger partial charge < -0.3 is 15.1 Å². The van der Waals surface area contributed by atoms with Crippen LogP contribution >= 0.6 is 0 Å². The molecular weight excluding hydrogens is 412 g/mol. The van der Waals surface area contributed by atoms with Gasteiger partial charge in [0.2, 0.25) is 0 Å². The molecule has 170 valence electrons. The molecule has 1 fully saturated rings. The molecule has 6 nitrogen and oxygen atoms in total. The first-order valence-corrected chi connectivity index (χ1v) is 11.5. The van der Waals surface area contributed by atoms with Crippen LogP contribution in [0.25, 0.3) is 12.2 Å². The van der Waals surface area contributed by atoms with Crippen molar-refractivity contribution in [1.29, 1.82) is 0 Å². The molecule has 0 aliphatic carbocycles. The van der Waals surface area contributed by atoms with E-state index in [-0.39, 0.29) is 5.91 Å². The number of hydrogen-bond donors (Lipinski definition) is 2. The van der Waals surface area contributed by atoms with Gasteiger partial charge in [-0.05, 0) is 48.7 Å². The van der Waals surface area contributed by atoms with Crippen molar-refractivity contribution in [3.05, 3.63) is 89.0 Å². The molecule has 0 spiro atoms. The highest BCUT2D eigenvalue weighted by Crippen LogP contribution is 2.17. The van der Waals surface area contributed by atoms with Gasteiger partial charge in [0.1, 0.15) is 6.29 Å². The van der Waals surface area contributed by atoms with E-state index >= 15 is 0 Å². The molecule has 33 heavy (non-hydrogen) atoms. The number of nitrogens with zero attached hydrogens (tertiary/aromatic N) is 2. The molecule has 2 heterocycles. The molecule has 0 radical (unpaired) electrons. The van der Waals surface area contributed by atoms with Crippen molar-refractivity contribution < 1.29 is 9.59 Å². The van der Waals surface area contributed by atoms with Crippen molar-refractivity contribution in [1.82, 2.24) is 20.2 Å². The molecule has 1 aromatic heterocycles. The van der Waals surface area contributed by atoms with Crippen molar-refractivity contribution in [2.45, 2.75) is 38.3 Å². The van der Waals surface area contributed by atoms with Crippen LogP contribution in [0.1, 0.15) is 52.0 Å². The van der Waals surface area contributed by atoms with Crippen molar-refractivity contribution in [2.24, 2.45) is 0 Å². The summed E-state index contributed by atoms with van der Waals surface area (Å²) in [6.07, 6.45) is 12.2. The van der Waals surface area contributed by atoms with Crippen LogP contribution in [0.15, 0.2) is 61.1 Å². The summed E-state index contributed by atoms with van der Waals surface area (Å²) in [5, 5.41) is 2.81. The van der Waals surface area contributed by atoms with Crippen LogP contribution in [-0.4, -0.2) is 46.2 Å². The number of H-pyrrole nitrogens is 1. The summed E-state index contributed by atoms with van der Waals surface area (Å²) in [7, 11) is 0. The van der Waals surface area contributed by atoms with Gasteiger partial charge in [-0.3, -0.25) is 9.69 Å². The molecule has 1 aliphatic rings. The molecule has 3 aromatic rings. The van der Waals surface area contributed by atoms with Gasteiger partial charge >= 0.3 is 0 Å². The van der Waals surface area contributed by atoms with Crippen molar-refractivity contribution >= 4 is 24.3 Å². The Morgan fingerprint density at radius 3 is 2.58 bits per heavy atom. The standard InChI is InChI=1S/C27H30N4O2/c32-19-25(16-24-17-28-20-29-24)30-27(33)26-7-3-2-6-23(26)13-12-21-8-10-22(11-9-21)18-31-14-4-1-5-15-31/h2-3,6-13,17,19-20,25H,1,4-5,14-16,18H2,(H,28,29)(H,30,33). The molecule has 1 saturated heterocycles. The second-order valence-corrected chi connectivity index (χ2v) is 8.50. The number of rotatable bonds is 9. The monoisotopic (exact) mass is 442 g/mol. The maximum atomic E-state index is 12.9. The third-order valence-electron chi connectivity index (χ3n) is 5.97. The molecule has 6 heteroatoms. The first-order chi connectivity index (χ1) is 16.2. The van der Waals surface area contributed by atoms with Gasteiger partial charge in [-0.1, -0.05) is 61.0 Å². The van der Waals surface area contributed by atoms with Gasteiger partial charge in [0.05, 0.1) is 12.4 Å². The smallest absolute Gasteiger partial charge is 0.252 e. The SMILES string of the molecule is O=CC(Cc1cnc[nH]1)NC(=O)c1ccccc1C=Cc1ccc(CN2CCCCC2)cc1. The van der Waals surface area contributed by atoms with Crippen molar-refractivity contribution in [3.63, 3.8) is 0 Å². The number of carbonyl (C=O) groups excluding carboxylic acids is 2. The number of carbonyl (C=O) groups is 2. The second-order valence-electron chi connectivity index (χ2n) is 8.50. The molecule has 0 saturated carbocycles. The van der Waals surface area contributed by atoms with E-state index in [0.29, 0.717) is 12.0 Å². The zero-order valence-electron chi connectivity index (χ0n) is 18.7. The Morgan fingerprint density at radius 1 is 1.06 bits per heavy atom. The average Bonchev–Trinajstić information content (AvgIpc) is 3.37. The van der Waals surface area contributed by atoms with E-state index in [9.17, 15) is 9.59 Å². The van der Waals surface area contributed by atoms with Crippen LogP contribution in [0.4, 0.5) is 0 Å². The molecule has 1 unspecified atom stereocenters. The van der Waals surface area contributed by atoms with E-state index in [2.05, 4.69) is 44.5 Å². The molecule has 0 bridgehead atoms. The van der Waals surface area contributed by atoms with E-state index in [1.165, 1.54) is 37.9 Å². The molecule has 4 rings (SSSR count). The Morgan fingerprint density at radius 2 is 1.85 bits per heavy atom. The zero-order valence-corrected chi connectivity index (χ0v) is 18.7. The zero-order chi connectivity index (χ0) is 22.9. The quantitative estimate of drug-likeness (QED) is 0.386. The summed E-state index contributed by atoms with van der Waals surface area (Å²) in [6, 6.07) is 15.4. The second kappa shape index (κ2) is 11.4. The lowest BCUT2D eigenvalue weighted by molar-refractivity contribution is -0.109. The maximum Gasteiger partial charge on any atom is 0.252 e. The van der Waals surface area contributed by atoms with Gasteiger partial charge in [0.15, 0.2) is 0 Å². The number of imidazole rings is 1. The van der Waals surface area contributed by atoms with Crippen molar-refractivity contribution in [2.75, 3.05) is 13.1 Å². The highest BCUT2D eigenvalue weighted by Gasteiger charge is 2.16. The van der Waals surface area contributed by atoms with E-state index in [0.717, 1.165) is 29.7 Å². The Kier molecular flexibility index (Phi) is 7.82. The fraction of sp³-hybridized carbons (Fsp3) is 0.296. The minimum Gasteiger partial charge on any atom is -0.348 e. The highest BCUT2D eigenvalue weighted by molar-refractivity contribution is 5.99. The molecule has 1 atom stereocenters. The van der Waals surface area contributed by atoms with E-state index in [4.69, 9.17) is 0 Å². The number of aromatic nitrogens is 2. The normalized spacial score (nSPS) is 15.4. The summed E-state index contributed by atoms with van der Waals surface area (Å²) in [4.78, 5) is 33.8. The van der Waals surface area contributed by atoms with Crippen LogP contribution in [0.5, 0.6) is 0 Å². The Hall–Kier alpha value is -3.51. The van der Waals surface area contributed by atoms with Crippen LogP contribution in [0.2, 0.25) is 0 Å². The first-order valence-electron chi connectivity index (χ1n) is 11.5. The molecule has 2 aromatic carbocycles. The number of aldehydes is 1. The molecule has 1 amide bonds. The number of likely N-dealkylation sites (tertiary alicyclic amines) is 1. The lowest BCUT2D eigenvalue weighted by Gasteiger charge is -2.26. The van der Waals surface area contributed by atoms with Gasteiger partial charge in [-0.2, -0.15) is 0 Å². The molecule has 2 N–H and O–H groups in total. The summed E-state index contributed by atoms with van der Waals surface area (Å²) in [6.45, 7) is 3.38. The fourth-order valence-corrected chi connectivity index (χ4v) is 4.16. The average molecular weight is 443 g/mol. The number of aromatic amines is 1. The van der Waals surface area contributed by atoms with Gasteiger partial charge in [-0.25, -0.2) is 4.98 Å². The largest absolute Gasteiger partial charge is 0.348 e. The predicted molar refractivity (Wildman–Crippen MR) is 131 cm³/mol. The van der Waals surface area contributed by atoms with Crippen LogP contribution in [-0.2, 0) is 17.8 Å². The molecule has 1 aliphatic heterocycles. The number of hydrogen-bond acceptors (Lipinski definition) is 4. The number of piperidine rings is 1. The first kappa shape index (κ1) is 22.7. The van der Waals surface area contributed by atoms with E-state index in [1.54, 1.807) is 18.6 Å². The third kappa shape index (κ3) is 6.49. The Bertz CT molecular complexity index is 1070. The summed E-state index contributed by atoms with van der Waals surface area (Å²) in [5.41, 5.74) is 4.54. The van der Waals surface area contributed by atoms with Crippen LogP contribution in [0, 0.1) is 0 Å². The highest BCUT2D eigenvalue weighted by atomic mass is 16.2. The molecular formula is C27H30N4O2. The number of amides is 1. The number of benzene rings is 2.